The topological polar surface area (TPSA) is 16.4 Å². The minimum absolute atomic E-state index is 0.904. The van der Waals surface area contributed by atoms with Crippen LogP contribution >= 0.6 is 0 Å². The molecule has 2 heteroatoms. The molecule has 0 aliphatic heterocycles. The number of hydrogen-bond donors (Lipinski definition) is 0. The first kappa shape index (κ1) is 19.4. The summed E-state index contributed by atoms with van der Waals surface area (Å²) in [6.07, 6.45) is 0. The predicted molar refractivity (Wildman–Crippen MR) is 139 cm³/mol. The fourth-order valence-corrected chi connectivity index (χ4v) is 4.67. The third-order valence-corrected chi connectivity index (χ3v) is 6.30. The van der Waals surface area contributed by atoms with E-state index in [0.29, 0.717) is 0 Å². The Bertz CT molecular complexity index is 1570. The summed E-state index contributed by atoms with van der Waals surface area (Å²) in [4.78, 5) is 2.23. The molecule has 158 valence electrons. The number of fused-ring (bicyclic) bond motifs is 3. The van der Waals surface area contributed by atoms with Gasteiger partial charge in [0.1, 0.15) is 5.58 Å². The smallest absolute Gasteiger partial charge is 0.159 e. The molecule has 0 amide bonds. The van der Waals surface area contributed by atoms with Crippen molar-refractivity contribution in [2.45, 2.75) is 0 Å². The third kappa shape index (κ3) is 3.28. The van der Waals surface area contributed by atoms with Crippen molar-refractivity contribution in [1.82, 2.24) is 0 Å². The van der Waals surface area contributed by atoms with Crippen LogP contribution in [0.15, 0.2) is 126 Å². The molecule has 5 aromatic carbocycles. The van der Waals surface area contributed by atoms with Crippen molar-refractivity contribution in [3.8, 4) is 22.3 Å². The van der Waals surface area contributed by atoms with Gasteiger partial charge in [0.25, 0.3) is 0 Å². The molecule has 0 fully saturated rings. The maximum absolute atomic E-state index is 6.62. The SMILES string of the molecule is CN(c1ccccc1-c1ccccc1)c1cccc2c1oc1c(-c3ccccc3)cccc12. The van der Waals surface area contributed by atoms with Gasteiger partial charge in [0.15, 0.2) is 5.58 Å². The lowest BCUT2D eigenvalue weighted by Crippen LogP contribution is -2.10. The summed E-state index contributed by atoms with van der Waals surface area (Å²) in [5, 5.41) is 2.27. The Balaban J connectivity index is 1.55. The molecule has 2 nitrogen and oxygen atoms in total. The van der Waals surface area contributed by atoms with E-state index in [1.54, 1.807) is 0 Å². The number of furan rings is 1. The van der Waals surface area contributed by atoms with Crippen molar-refractivity contribution in [3.05, 3.63) is 121 Å². The monoisotopic (exact) mass is 425 g/mol. The molecule has 6 rings (SSSR count). The number of benzene rings is 5. The van der Waals surface area contributed by atoms with Gasteiger partial charge in [-0.25, -0.2) is 0 Å². The summed E-state index contributed by atoms with van der Waals surface area (Å²) in [5.74, 6) is 0. The summed E-state index contributed by atoms with van der Waals surface area (Å²) in [5.41, 5.74) is 8.68. The number of anilines is 2. The van der Waals surface area contributed by atoms with Crippen LogP contribution in [0.5, 0.6) is 0 Å². The fraction of sp³-hybridized carbons (Fsp3) is 0.0323. The minimum atomic E-state index is 0.904. The molecular weight excluding hydrogens is 402 g/mol. The Morgan fingerprint density at radius 1 is 0.455 bits per heavy atom. The maximum Gasteiger partial charge on any atom is 0.159 e. The average molecular weight is 426 g/mol. The van der Waals surface area contributed by atoms with Crippen molar-refractivity contribution >= 4 is 33.3 Å². The zero-order chi connectivity index (χ0) is 22.2. The normalized spacial score (nSPS) is 11.2. The van der Waals surface area contributed by atoms with Gasteiger partial charge in [-0.3, -0.25) is 0 Å². The van der Waals surface area contributed by atoms with Crippen molar-refractivity contribution in [3.63, 3.8) is 0 Å². The molecule has 0 unspecified atom stereocenters. The predicted octanol–water partition coefficient (Wildman–Crippen LogP) is 8.69. The van der Waals surface area contributed by atoms with E-state index in [2.05, 4.69) is 127 Å². The number of hydrogen-bond acceptors (Lipinski definition) is 2. The molecule has 0 atom stereocenters. The third-order valence-electron chi connectivity index (χ3n) is 6.30. The lowest BCUT2D eigenvalue weighted by atomic mass is 10.0. The van der Waals surface area contributed by atoms with E-state index >= 15 is 0 Å². The molecule has 0 N–H and O–H groups in total. The Morgan fingerprint density at radius 3 is 1.70 bits per heavy atom. The Kier molecular flexibility index (Phi) is 4.70. The molecule has 0 saturated heterocycles. The first-order valence-corrected chi connectivity index (χ1v) is 11.2. The van der Waals surface area contributed by atoms with Crippen LogP contribution in [0.4, 0.5) is 11.4 Å². The van der Waals surface area contributed by atoms with Crippen LogP contribution in [0.1, 0.15) is 0 Å². The highest BCUT2D eigenvalue weighted by atomic mass is 16.3. The van der Waals surface area contributed by atoms with E-state index in [9.17, 15) is 0 Å². The van der Waals surface area contributed by atoms with Crippen LogP contribution in [-0.4, -0.2) is 7.05 Å². The maximum atomic E-state index is 6.62. The lowest BCUT2D eigenvalue weighted by Gasteiger charge is -2.23. The van der Waals surface area contributed by atoms with Gasteiger partial charge >= 0.3 is 0 Å². The van der Waals surface area contributed by atoms with Crippen LogP contribution in [0, 0.1) is 0 Å². The summed E-state index contributed by atoms with van der Waals surface area (Å²) >= 11 is 0. The van der Waals surface area contributed by atoms with E-state index in [-0.39, 0.29) is 0 Å². The van der Waals surface area contributed by atoms with E-state index in [4.69, 9.17) is 4.42 Å². The molecule has 0 spiro atoms. The van der Waals surface area contributed by atoms with E-state index in [0.717, 1.165) is 44.4 Å². The van der Waals surface area contributed by atoms with Crippen molar-refractivity contribution in [1.29, 1.82) is 0 Å². The standard InChI is InChI=1S/C31H23NO/c1-32(28-20-9-8-16-24(28)22-12-4-2-5-13-22)29-21-11-19-27-26-18-10-17-25(30(26)33-31(27)29)23-14-6-3-7-15-23/h2-21H,1H3. The van der Waals surface area contributed by atoms with Gasteiger partial charge in [-0.1, -0.05) is 109 Å². The molecule has 0 saturated carbocycles. The highest BCUT2D eigenvalue weighted by Gasteiger charge is 2.18. The molecule has 1 heterocycles. The summed E-state index contributed by atoms with van der Waals surface area (Å²) in [7, 11) is 2.11. The average Bonchev–Trinajstić information content (AvgIpc) is 3.28. The lowest BCUT2D eigenvalue weighted by molar-refractivity contribution is 0.670. The minimum Gasteiger partial charge on any atom is -0.453 e. The first-order valence-electron chi connectivity index (χ1n) is 11.2. The Hall–Kier alpha value is -4.30. The van der Waals surface area contributed by atoms with Crippen LogP contribution in [0.3, 0.4) is 0 Å². The molecule has 1 aromatic heterocycles. The van der Waals surface area contributed by atoms with Gasteiger partial charge in [0.05, 0.1) is 5.69 Å². The van der Waals surface area contributed by atoms with Crippen molar-refractivity contribution in [2.75, 3.05) is 11.9 Å². The summed E-state index contributed by atoms with van der Waals surface area (Å²) in [6.45, 7) is 0. The zero-order valence-electron chi connectivity index (χ0n) is 18.4. The zero-order valence-corrected chi connectivity index (χ0v) is 18.4. The van der Waals surface area contributed by atoms with Crippen molar-refractivity contribution < 1.29 is 4.42 Å². The Morgan fingerprint density at radius 2 is 0.970 bits per heavy atom. The number of nitrogens with zero attached hydrogens (tertiary/aromatic N) is 1. The number of para-hydroxylation sites is 3. The van der Waals surface area contributed by atoms with Gasteiger partial charge in [-0.2, -0.15) is 0 Å². The first-order chi connectivity index (χ1) is 16.3. The summed E-state index contributed by atoms with van der Waals surface area (Å²) in [6, 6.07) is 42.3. The molecule has 0 radical (unpaired) electrons. The largest absolute Gasteiger partial charge is 0.453 e. The van der Waals surface area contributed by atoms with Gasteiger partial charge in [0.2, 0.25) is 0 Å². The van der Waals surface area contributed by atoms with Gasteiger partial charge in [-0.05, 0) is 23.3 Å². The van der Waals surface area contributed by atoms with Crippen molar-refractivity contribution in [2.24, 2.45) is 0 Å². The second-order valence-electron chi connectivity index (χ2n) is 8.25. The summed E-state index contributed by atoms with van der Waals surface area (Å²) < 4.78 is 6.62. The van der Waals surface area contributed by atoms with E-state index < -0.39 is 0 Å². The second-order valence-corrected chi connectivity index (χ2v) is 8.25. The van der Waals surface area contributed by atoms with Crippen LogP contribution in [0.2, 0.25) is 0 Å². The Labute approximate surface area is 193 Å². The van der Waals surface area contributed by atoms with Crippen LogP contribution < -0.4 is 4.90 Å². The van der Waals surface area contributed by atoms with Gasteiger partial charge < -0.3 is 9.32 Å². The number of rotatable bonds is 4. The van der Waals surface area contributed by atoms with Gasteiger partial charge in [-0.15, -0.1) is 0 Å². The highest BCUT2D eigenvalue weighted by Crippen LogP contribution is 2.42. The molecule has 33 heavy (non-hydrogen) atoms. The quantitative estimate of drug-likeness (QED) is 0.281. The second kappa shape index (κ2) is 7.99. The molecular formula is C31H23NO. The molecule has 6 aromatic rings. The van der Waals surface area contributed by atoms with E-state index in [1.165, 1.54) is 11.1 Å². The molecule has 0 bridgehead atoms. The van der Waals surface area contributed by atoms with Gasteiger partial charge in [0, 0.05) is 34.6 Å². The van der Waals surface area contributed by atoms with Crippen LogP contribution in [0.25, 0.3) is 44.2 Å². The fourth-order valence-electron chi connectivity index (χ4n) is 4.67. The van der Waals surface area contributed by atoms with E-state index in [1.807, 2.05) is 6.07 Å². The molecule has 0 aliphatic rings. The van der Waals surface area contributed by atoms with Crippen LogP contribution in [-0.2, 0) is 0 Å². The highest BCUT2D eigenvalue weighted by molar-refractivity contribution is 6.13. The molecule has 0 aliphatic carbocycles.